The van der Waals surface area contributed by atoms with Gasteiger partial charge in [-0.15, -0.1) is 0 Å². The van der Waals surface area contributed by atoms with Crippen LogP contribution < -0.4 is 5.32 Å². The van der Waals surface area contributed by atoms with E-state index in [2.05, 4.69) is 23.7 Å². The Hall–Kier alpha value is -3.40. The van der Waals surface area contributed by atoms with Gasteiger partial charge in [-0.25, -0.2) is 0 Å². The molecule has 2 rings (SSSR count). The van der Waals surface area contributed by atoms with Crippen LogP contribution in [0.15, 0.2) is 35.9 Å². The van der Waals surface area contributed by atoms with Crippen molar-refractivity contribution in [1.82, 2.24) is 9.88 Å². The van der Waals surface area contributed by atoms with Gasteiger partial charge in [0.05, 0.1) is 4.92 Å². The zero-order valence-corrected chi connectivity index (χ0v) is 16.5. The molecule has 7 nitrogen and oxygen atoms in total. The number of aromatic nitrogens is 1. The third-order valence-corrected chi connectivity index (χ3v) is 4.43. The summed E-state index contributed by atoms with van der Waals surface area (Å²) in [4.78, 5) is 22.6. The molecule has 1 aromatic carbocycles. The number of non-ortho nitro benzene ring substituents is 1. The average Bonchev–Trinajstić information content (AvgIpc) is 2.91. The number of carbonyl (C=O) groups is 1. The van der Waals surface area contributed by atoms with Crippen LogP contribution in [0.4, 0.5) is 5.69 Å². The molecule has 1 aromatic heterocycles. The van der Waals surface area contributed by atoms with Gasteiger partial charge in [0.2, 0.25) is 0 Å². The minimum absolute atomic E-state index is 0.00978. The van der Waals surface area contributed by atoms with E-state index in [9.17, 15) is 20.2 Å². The van der Waals surface area contributed by atoms with Gasteiger partial charge in [0.15, 0.2) is 0 Å². The lowest BCUT2D eigenvalue weighted by Gasteiger charge is -2.12. The van der Waals surface area contributed by atoms with Crippen molar-refractivity contribution in [3.05, 3.63) is 68.5 Å². The predicted molar refractivity (Wildman–Crippen MR) is 107 cm³/mol. The van der Waals surface area contributed by atoms with E-state index >= 15 is 0 Å². The van der Waals surface area contributed by atoms with Gasteiger partial charge in [-0.3, -0.25) is 14.9 Å². The summed E-state index contributed by atoms with van der Waals surface area (Å²) in [6, 6.07) is 9.85. The second kappa shape index (κ2) is 9.00. The SMILES string of the molecule is Cc1cc(/C=C(/C#N)C(=O)NCc2ccc([N+](=O)[O-])cc2)c(C)n1CC(C)C. The van der Waals surface area contributed by atoms with Crippen LogP contribution in [0.2, 0.25) is 0 Å². The molecule has 1 heterocycles. The number of rotatable bonds is 7. The van der Waals surface area contributed by atoms with Gasteiger partial charge in [-0.05, 0) is 43.0 Å². The largest absolute Gasteiger partial charge is 0.348 e. The quantitative estimate of drug-likeness (QED) is 0.341. The summed E-state index contributed by atoms with van der Waals surface area (Å²) in [5, 5.41) is 22.8. The third-order valence-electron chi connectivity index (χ3n) is 4.43. The van der Waals surface area contributed by atoms with Crippen molar-refractivity contribution in [1.29, 1.82) is 5.26 Å². The van der Waals surface area contributed by atoms with E-state index < -0.39 is 10.8 Å². The lowest BCUT2D eigenvalue weighted by Crippen LogP contribution is -2.23. The Labute approximate surface area is 164 Å². The van der Waals surface area contributed by atoms with Crippen LogP contribution >= 0.6 is 0 Å². The number of nitrogens with one attached hydrogen (secondary N) is 1. The fourth-order valence-corrected chi connectivity index (χ4v) is 2.94. The average molecular weight is 380 g/mol. The van der Waals surface area contributed by atoms with Gasteiger partial charge in [0.25, 0.3) is 11.6 Å². The molecular weight excluding hydrogens is 356 g/mol. The lowest BCUT2D eigenvalue weighted by molar-refractivity contribution is -0.384. The summed E-state index contributed by atoms with van der Waals surface area (Å²) in [6.07, 6.45) is 1.60. The summed E-state index contributed by atoms with van der Waals surface area (Å²) in [5.74, 6) is 0.0107. The van der Waals surface area contributed by atoms with Crippen molar-refractivity contribution in [2.45, 2.75) is 40.8 Å². The van der Waals surface area contributed by atoms with Crippen molar-refractivity contribution in [3.8, 4) is 6.07 Å². The number of nitriles is 1. The van der Waals surface area contributed by atoms with E-state index in [4.69, 9.17) is 0 Å². The number of hydrogen-bond donors (Lipinski definition) is 1. The van der Waals surface area contributed by atoms with E-state index in [1.807, 2.05) is 26.0 Å². The number of nitrogens with zero attached hydrogens (tertiary/aromatic N) is 3. The second-order valence-electron chi connectivity index (χ2n) is 7.11. The Morgan fingerprint density at radius 1 is 1.32 bits per heavy atom. The fourth-order valence-electron chi connectivity index (χ4n) is 2.94. The van der Waals surface area contributed by atoms with Crippen LogP contribution in [0, 0.1) is 41.2 Å². The Balaban J connectivity index is 2.13. The molecule has 0 atom stereocenters. The maximum absolute atomic E-state index is 12.4. The number of benzene rings is 1. The summed E-state index contributed by atoms with van der Waals surface area (Å²) < 4.78 is 2.18. The highest BCUT2D eigenvalue weighted by Crippen LogP contribution is 2.20. The van der Waals surface area contributed by atoms with E-state index in [1.54, 1.807) is 18.2 Å². The van der Waals surface area contributed by atoms with Crippen LogP contribution in [0.25, 0.3) is 6.08 Å². The second-order valence-corrected chi connectivity index (χ2v) is 7.11. The van der Waals surface area contributed by atoms with Crippen LogP contribution in [0.3, 0.4) is 0 Å². The first kappa shape index (κ1) is 20.9. The van der Waals surface area contributed by atoms with Crippen LogP contribution in [0.1, 0.15) is 36.4 Å². The molecule has 7 heteroatoms. The zero-order chi connectivity index (χ0) is 20.8. The molecule has 0 aliphatic carbocycles. The number of nitro benzene ring substituents is 1. The maximum Gasteiger partial charge on any atom is 0.269 e. The Morgan fingerprint density at radius 2 is 1.96 bits per heavy atom. The highest BCUT2D eigenvalue weighted by Gasteiger charge is 2.13. The highest BCUT2D eigenvalue weighted by atomic mass is 16.6. The van der Waals surface area contributed by atoms with E-state index in [-0.39, 0.29) is 17.8 Å². The molecule has 28 heavy (non-hydrogen) atoms. The van der Waals surface area contributed by atoms with Crippen LogP contribution in [-0.4, -0.2) is 15.4 Å². The van der Waals surface area contributed by atoms with Crippen molar-refractivity contribution in [2.24, 2.45) is 5.92 Å². The Bertz CT molecular complexity index is 947. The molecule has 0 aliphatic heterocycles. The molecule has 0 radical (unpaired) electrons. The van der Waals surface area contributed by atoms with Crippen LogP contribution in [0.5, 0.6) is 0 Å². The molecular formula is C21H24N4O3. The molecule has 0 unspecified atom stereocenters. The van der Waals surface area contributed by atoms with Gasteiger partial charge >= 0.3 is 0 Å². The first-order chi connectivity index (χ1) is 13.2. The summed E-state index contributed by atoms with van der Waals surface area (Å²) in [7, 11) is 0. The molecule has 0 saturated heterocycles. The van der Waals surface area contributed by atoms with E-state index in [0.29, 0.717) is 11.5 Å². The molecule has 0 fully saturated rings. The first-order valence-electron chi connectivity index (χ1n) is 9.03. The van der Waals surface area contributed by atoms with Crippen molar-refractivity contribution >= 4 is 17.7 Å². The fraction of sp³-hybridized carbons (Fsp3) is 0.333. The third kappa shape index (κ3) is 5.07. The number of amides is 1. The first-order valence-corrected chi connectivity index (χ1v) is 9.03. The molecule has 0 aliphatic rings. The molecule has 2 aromatic rings. The number of nitro groups is 1. The molecule has 1 N–H and O–H groups in total. The molecule has 146 valence electrons. The summed E-state index contributed by atoms with van der Waals surface area (Å²) >= 11 is 0. The zero-order valence-electron chi connectivity index (χ0n) is 16.5. The normalized spacial score (nSPS) is 11.4. The highest BCUT2D eigenvalue weighted by molar-refractivity contribution is 6.01. The maximum atomic E-state index is 12.4. The van der Waals surface area contributed by atoms with Crippen LogP contribution in [-0.2, 0) is 17.9 Å². The van der Waals surface area contributed by atoms with E-state index in [0.717, 1.165) is 23.5 Å². The predicted octanol–water partition coefficient (Wildman–Crippen LogP) is 3.89. The molecule has 0 bridgehead atoms. The minimum atomic E-state index is -0.478. The number of carbonyl (C=O) groups excluding carboxylic acids is 1. The standard InChI is InChI=1S/C21H24N4O3/c1-14(2)13-24-15(3)9-18(16(24)4)10-19(11-22)21(26)23-12-17-5-7-20(8-6-17)25(27)28/h5-10,14H,12-13H2,1-4H3,(H,23,26)/b19-10-. The summed E-state index contributed by atoms with van der Waals surface area (Å²) in [5.41, 5.74) is 3.67. The van der Waals surface area contributed by atoms with Gasteiger partial charge in [-0.2, -0.15) is 5.26 Å². The number of aryl methyl sites for hydroxylation is 1. The smallest absolute Gasteiger partial charge is 0.269 e. The van der Waals surface area contributed by atoms with Gasteiger partial charge < -0.3 is 9.88 Å². The van der Waals surface area contributed by atoms with Gasteiger partial charge in [0.1, 0.15) is 11.6 Å². The van der Waals surface area contributed by atoms with Gasteiger partial charge in [-0.1, -0.05) is 26.0 Å². The molecule has 0 spiro atoms. The monoisotopic (exact) mass is 380 g/mol. The summed E-state index contributed by atoms with van der Waals surface area (Å²) in [6.45, 7) is 9.32. The Morgan fingerprint density at radius 3 is 2.50 bits per heavy atom. The lowest BCUT2D eigenvalue weighted by atomic mass is 10.1. The van der Waals surface area contributed by atoms with E-state index in [1.165, 1.54) is 12.1 Å². The van der Waals surface area contributed by atoms with Crippen molar-refractivity contribution in [3.63, 3.8) is 0 Å². The molecule has 1 amide bonds. The Kier molecular flexibility index (Phi) is 6.72. The van der Waals surface area contributed by atoms with Crippen molar-refractivity contribution in [2.75, 3.05) is 0 Å². The van der Waals surface area contributed by atoms with Crippen molar-refractivity contribution < 1.29 is 9.72 Å². The minimum Gasteiger partial charge on any atom is -0.348 e. The topological polar surface area (TPSA) is 101 Å². The molecule has 0 saturated carbocycles. The number of hydrogen-bond acceptors (Lipinski definition) is 4. The van der Waals surface area contributed by atoms with Gasteiger partial charge in [0, 0.05) is 36.6 Å².